The van der Waals surface area contributed by atoms with Gasteiger partial charge in [-0.05, 0) is 30.7 Å². The van der Waals surface area contributed by atoms with E-state index in [4.69, 9.17) is 10.5 Å². The molecule has 28 heavy (non-hydrogen) atoms. The summed E-state index contributed by atoms with van der Waals surface area (Å²) in [6, 6.07) is 14.3. The third-order valence-corrected chi connectivity index (χ3v) is 4.59. The van der Waals surface area contributed by atoms with Gasteiger partial charge < -0.3 is 20.7 Å². The highest BCUT2D eigenvalue weighted by Crippen LogP contribution is 2.33. The van der Waals surface area contributed by atoms with Crippen molar-refractivity contribution in [2.45, 2.75) is 19.8 Å². The van der Waals surface area contributed by atoms with Gasteiger partial charge in [0.05, 0.1) is 24.6 Å². The van der Waals surface area contributed by atoms with E-state index in [1.807, 2.05) is 25.1 Å². The number of primary amides is 1. The molecule has 1 aliphatic rings. The molecule has 1 unspecified atom stereocenters. The molecule has 7 heteroatoms. The van der Waals surface area contributed by atoms with Gasteiger partial charge >= 0.3 is 0 Å². The molecule has 0 radical (unpaired) electrons. The Balaban J connectivity index is 1.74. The molecule has 1 saturated heterocycles. The Hall–Kier alpha value is -3.35. The van der Waals surface area contributed by atoms with Crippen LogP contribution in [0.2, 0.25) is 0 Å². The fraction of sp³-hybridized carbons (Fsp3) is 0.286. The number of hydrogen-bond donors (Lipinski definition) is 2. The molecule has 1 aliphatic heterocycles. The molecule has 0 bridgehead atoms. The molecule has 146 valence electrons. The summed E-state index contributed by atoms with van der Waals surface area (Å²) in [5.41, 5.74) is 7.12. The molecule has 7 nitrogen and oxygen atoms in total. The molecule has 3 N–H and O–H groups in total. The van der Waals surface area contributed by atoms with Gasteiger partial charge in [-0.1, -0.05) is 30.3 Å². The lowest BCUT2D eigenvalue weighted by Crippen LogP contribution is -2.28. The molecule has 0 saturated carbocycles. The van der Waals surface area contributed by atoms with E-state index in [1.165, 1.54) is 0 Å². The van der Waals surface area contributed by atoms with Crippen molar-refractivity contribution in [2.75, 3.05) is 23.4 Å². The summed E-state index contributed by atoms with van der Waals surface area (Å²) in [7, 11) is 0. The number of anilines is 2. The smallest absolute Gasteiger partial charge is 0.229 e. The number of nitrogens with one attached hydrogen (secondary N) is 1. The summed E-state index contributed by atoms with van der Waals surface area (Å²) in [6.45, 7) is 2.63. The lowest BCUT2D eigenvalue weighted by Gasteiger charge is -2.20. The molecule has 0 spiro atoms. The number of carbonyl (C=O) groups is 3. The number of amides is 3. The van der Waals surface area contributed by atoms with E-state index in [0.717, 1.165) is 0 Å². The van der Waals surface area contributed by atoms with Crippen LogP contribution in [0.1, 0.15) is 18.9 Å². The maximum absolute atomic E-state index is 12.7. The van der Waals surface area contributed by atoms with Crippen LogP contribution in [-0.2, 0) is 20.8 Å². The number of hydrogen-bond acceptors (Lipinski definition) is 4. The van der Waals surface area contributed by atoms with E-state index in [9.17, 15) is 14.4 Å². The van der Waals surface area contributed by atoms with Crippen molar-refractivity contribution in [1.82, 2.24) is 0 Å². The fourth-order valence-corrected chi connectivity index (χ4v) is 3.29. The quantitative estimate of drug-likeness (QED) is 0.767. The second-order valence-corrected chi connectivity index (χ2v) is 6.60. The molecule has 3 amide bonds. The van der Waals surface area contributed by atoms with Crippen molar-refractivity contribution >= 4 is 29.1 Å². The summed E-state index contributed by atoms with van der Waals surface area (Å²) < 4.78 is 5.60. The van der Waals surface area contributed by atoms with E-state index in [2.05, 4.69) is 5.32 Å². The van der Waals surface area contributed by atoms with Crippen LogP contribution in [0.3, 0.4) is 0 Å². The van der Waals surface area contributed by atoms with Gasteiger partial charge in [0.2, 0.25) is 17.7 Å². The van der Waals surface area contributed by atoms with Gasteiger partial charge in [0.25, 0.3) is 0 Å². The molecule has 1 fully saturated rings. The lowest BCUT2D eigenvalue weighted by molar-refractivity contribution is -0.122. The predicted octanol–water partition coefficient (Wildman–Crippen LogP) is 2.10. The van der Waals surface area contributed by atoms with Crippen molar-refractivity contribution in [2.24, 2.45) is 11.7 Å². The normalized spacial score (nSPS) is 16.1. The van der Waals surface area contributed by atoms with Crippen LogP contribution in [0, 0.1) is 5.92 Å². The highest BCUT2D eigenvalue weighted by Gasteiger charge is 2.36. The minimum Gasteiger partial charge on any atom is -0.492 e. The summed E-state index contributed by atoms with van der Waals surface area (Å²) >= 11 is 0. The Morgan fingerprint density at radius 1 is 1.18 bits per heavy atom. The highest BCUT2D eigenvalue weighted by atomic mass is 16.5. The van der Waals surface area contributed by atoms with Crippen LogP contribution < -0.4 is 20.7 Å². The van der Waals surface area contributed by atoms with Crippen molar-refractivity contribution in [1.29, 1.82) is 0 Å². The third kappa shape index (κ3) is 4.31. The molecule has 0 aromatic heterocycles. The van der Waals surface area contributed by atoms with Crippen LogP contribution in [0.4, 0.5) is 11.4 Å². The SMILES string of the molecule is CCOc1ccccc1N1CC(C(=O)Nc2ccccc2CC(N)=O)CC1=O. The van der Waals surface area contributed by atoms with E-state index in [1.54, 1.807) is 35.2 Å². The first kappa shape index (κ1) is 19.4. The second kappa shape index (κ2) is 8.56. The van der Waals surface area contributed by atoms with Gasteiger partial charge in [0.1, 0.15) is 5.75 Å². The largest absolute Gasteiger partial charge is 0.492 e. The van der Waals surface area contributed by atoms with Gasteiger partial charge in [-0.15, -0.1) is 0 Å². The Kier molecular flexibility index (Phi) is 5.93. The van der Waals surface area contributed by atoms with E-state index >= 15 is 0 Å². The summed E-state index contributed by atoms with van der Waals surface area (Å²) in [6.07, 6.45) is 0.151. The molecule has 1 atom stereocenters. The molecular formula is C21H23N3O4. The predicted molar refractivity (Wildman–Crippen MR) is 106 cm³/mol. The van der Waals surface area contributed by atoms with Crippen LogP contribution in [0.5, 0.6) is 5.75 Å². The van der Waals surface area contributed by atoms with Crippen LogP contribution in [-0.4, -0.2) is 30.9 Å². The molecule has 1 heterocycles. The zero-order valence-corrected chi connectivity index (χ0v) is 15.7. The fourth-order valence-electron chi connectivity index (χ4n) is 3.29. The van der Waals surface area contributed by atoms with Gasteiger partial charge in [-0.25, -0.2) is 0 Å². The minimum atomic E-state index is -0.496. The van der Waals surface area contributed by atoms with Gasteiger partial charge in [0.15, 0.2) is 0 Å². The van der Waals surface area contributed by atoms with Crippen molar-refractivity contribution in [3.8, 4) is 5.75 Å². The topological polar surface area (TPSA) is 102 Å². The third-order valence-electron chi connectivity index (χ3n) is 4.59. The van der Waals surface area contributed by atoms with Crippen LogP contribution >= 0.6 is 0 Å². The first-order valence-electron chi connectivity index (χ1n) is 9.18. The first-order chi connectivity index (χ1) is 13.5. The highest BCUT2D eigenvalue weighted by molar-refractivity contribution is 6.04. The number of nitrogens with two attached hydrogens (primary N) is 1. The second-order valence-electron chi connectivity index (χ2n) is 6.60. The number of rotatable bonds is 7. The Labute approximate surface area is 163 Å². The minimum absolute atomic E-state index is 0.0356. The van der Waals surface area contributed by atoms with E-state index in [0.29, 0.717) is 29.3 Å². The Bertz CT molecular complexity index is 897. The average Bonchev–Trinajstić information content (AvgIpc) is 3.05. The van der Waals surface area contributed by atoms with Crippen molar-refractivity contribution in [3.63, 3.8) is 0 Å². The molecule has 2 aromatic rings. The number of carbonyl (C=O) groups excluding carboxylic acids is 3. The molecule has 0 aliphatic carbocycles. The number of para-hydroxylation sites is 3. The molecule has 2 aromatic carbocycles. The standard InChI is InChI=1S/C21H23N3O4/c1-2-28-18-10-6-5-9-17(18)24-13-15(12-20(24)26)21(27)23-16-8-4-3-7-14(16)11-19(22)25/h3-10,15H,2,11-13H2,1H3,(H2,22,25)(H,23,27). The monoisotopic (exact) mass is 381 g/mol. The van der Waals surface area contributed by atoms with Gasteiger partial charge in [0, 0.05) is 18.7 Å². The first-order valence-corrected chi connectivity index (χ1v) is 9.18. The summed E-state index contributed by atoms with van der Waals surface area (Å²) in [5, 5.41) is 2.83. The maximum Gasteiger partial charge on any atom is 0.229 e. The van der Waals surface area contributed by atoms with Gasteiger partial charge in [-0.3, -0.25) is 14.4 Å². The Morgan fingerprint density at radius 2 is 1.89 bits per heavy atom. The number of benzene rings is 2. The maximum atomic E-state index is 12.7. The van der Waals surface area contributed by atoms with Crippen LogP contribution in [0.25, 0.3) is 0 Å². The Morgan fingerprint density at radius 3 is 2.64 bits per heavy atom. The average molecular weight is 381 g/mol. The zero-order chi connectivity index (χ0) is 20.1. The van der Waals surface area contributed by atoms with E-state index in [-0.39, 0.29) is 31.2 Å². The zero-order valence-electron chi connectivity index (χ0n) is 15.7. The number of ether oxygens (including phenoxy) is 1. The number of nitrogens with zero attached hydrogens (tertiary/aromatic N) is 1. The summed E-state index contributed by atoms with van der Waals surface area (Å²) in [5.74, 6) is -0.745. The van der Waals surface area contributed by atoms with Crippen LogP contribution in [0.15, 0.2) is 48.5 Å². The molecule has 3 rings (SSSR count). The summed E-state index contributed by atoms with van der Waals surface area (Å²) in [4.78, 5) is 38.1. The van der Waals surface area contributed by atoms with Crippen molar-refractivity contribution < 1.29 is 19.1 Å². The van der Waals surface area contributed by atoms with Crippen molar-refractivity contribution in [3.05, 3.63) is 54.1 Å². The van der Waals surface area contributed by atoms with E-state index < -0.39 is 11.8 Å². The lowest BCUT2D eigenvalue weighted by atomic mass is 10.1. The molecular weight excluding hydrogens is 358 g/mol. The van der Waals surface area contributed by atoms with Gasteiger partial charge in [-0.2, -0.15) is 0 Å².